The van der Waals surface area contributed by atoms with Crippen LogP contribution in [0, 0.1) is 0 Å². The topological polar surface area (TPSA) is 171 Å². The van der Waals surface area contributed by atoms with Crippen molar-refractivity contribution in [1.29, 1.82) is 0 Å². The first-order valence-corrected chi connectivity index (χ1v) is 15.3. The molecule has 3 rings (SSSR count). The number of aromatic nitrogens is 2. The molecule has 1 fully saturated rings. The first-order valence-electron chi connectivity index (χ1n) is 13.6. The van der Waals surface area contributed by atoms with Gasteiger partial charge in [-0.1, -0.05) is 30.3 Å². The Bertz CT molecular complexity index is 1230. The third kappa shape index (κ3) is 9.32. The van der Waals surface area contributed by atoms with Crippen LogP contribution < -0.4 is 5.32 Å². The molecule has 2 atom stereocenters. The molecule has 1 aliphatic rings. The van der Waals surface area contributed by atoms with Crippen molar-refractivity contribution >= 4 is 25.5 Å². The molecule has 1 unspecified atom stereocenters. The number of nitrogens with zero attached hydrogens (tertiary/aromatic N) is 4. The maximum atomic E-state index is 13.6. The predicted octanol–water partition coefficient (Wildman–Crippen LogP) is 2.64. The summed E-state index contributed by atoms with van der Waals surface area (Å²) in [5.74, 6) is -0.916. The van der Waals surface area contributed by atoms with Crippen molar-refractivity contribution in [2.45, 2.75) is 45.8 Å². The largest absolute Gasteiger partial charge is 0.465 e. The molecule has 14 heteroatoms. The van der Waals surface area contributed by atoms with Gasteiger partial charge in [-0.3, -0.25) is 14.2 Å². The van der Waals surface area contributed by atoms with Gasteiger partial charge in [0.2, 0.25) is 5.91 Å². The van der Waals surface area contributed by atoms with Gasteiger partial charge in [0, 0.05) is 37.4 Å². The van der Waals surface area contributed by atoms with Crippen LogP contribution in [0.15, 0.2) is 36.4 Å². The number of nitrogens with one attached hydrogen (secondary N) is 1. The number of carboxylic acid groups (broad SMARTS) is 1. The molecule has 0 radical (unpaired) electrons. The molecule has 1 saturated heterocycles. The first-order chi connectivity index (χ1) is 19.5. The van der Waals surface area contributed by atoms with Gasteiger partial charge in [-0.05, 0) is 39.7 Å². The van der Waals surface area contributed by atoms with E-state index in [0.717, 1.165) is 0 Å². The number of benzene rings is 1. The minimum atomic E-state index is -3.77. The molecule has 13 nitrogen and oxygen atoms in total. The van der Waals surface area contributed by atoms with E-state index in [-0.39, 0.29) is 45.1 Å². The lowest BCUT2D eigenvalue weighted by Gasteiger charge is -2.35. The van der Waals surface area contributed by atoms with E-state index in [1.165, 1.54) is 15.9 Å². The summed E-state index contributed by atoms with van der Waals surface area (Å²) in [6, 6.07) is 9.30. The zero-order valence-corrected chi connectivity index (χ0v) is 24.5. The predicted molar refractivity (Wildman–Crippen MR) is 151 cm³/mol. The van der Waals surface area contributed by atoms with Crippen LogP contribution in [0.4, 0.5) is 4.79 Å². The molecule has 1 aliphatic heterocycles. The Labute approximate surface area is 239 Å². The molecule has 2 heterocycles. The van der Waals surface area contributed by atoms with Crippen LogP contribution in [0.5, 0.6) is 0 Å². The molecule has 1 aromatic carbocycles. The van der Waals surface area contributed by atoms with Crippen molar-refractivity contribution in [3.05, 3.63) is 47.8 Å². The number of amides is 3. The quantitative estimate of drug-likeness (QED) is 0.294. The molecule has 2 aromatic rings. The van der Waals surface area contributed by atoms with Crippen LogP contribution in [-0.2, 0) is 24.8 Å². The monoisotopic (exact) mass is 591 g/mol. The minimum absolute atomic E-state index is 0.00408. The molecule has 224 valence electrons. The molecule has 3 N–H and O–H groups in total. The number of carbonyl (C=O) groups excluding carboxylic acids is 2. The van der Waals surface area contributed by atoms with Gasteiger partial charge in [0.15, 0.2) is 5.82 Å². The van der Waals surface area contributed by atoms with Crippen LogP contribution in [0.25, 0.3) is 11.4 Å². The zero-order valence-electron chi connectivity index (χ0n) is 23.6. The summed E-state index contributed by atoms with van der Waals surface area (Å²) in [6.07, 6.45) is -1.26. The van der Waals surface area contributed by atoms with Crippen molar-refractivity contribution in [1.82, 2.24) is 25.1 Å². The average Bonchev–Trinajstić information content (AvgIpc) is 2.96. The Kier molecular flexibility index (Phi) is 11.8. The number of hydrogen-bond donors (Lipinski definition) is 3. The lowest BCUT2D eigenvalue weighted by molar-refractivity contribution is -0.134. The number of rotatable bonds is 13. The van der Waals surface area contributed by atoms with Gasteiger partial charge >= 0.3 is 13.7 Å². The molecule has 0 spiro atoms. The Morgan fingerprint density at radius 2 is 1.63 bits per heavy atom. The summed E-state index contributed by atoms with van der Waals surface area (Å²) in [5.41, 5.74) is 1.21. The summed E-state index contributed by atoms with van der Waals surface area (Å²) in [5, 5.41) is 21.7. The number of aliphatic hydroxyl groups excluding tert-OH is 1. The van der Waals surface area contributed by atoms with Gasteiger partial charge in [-0.15, -0.1) is 0 Å². The van der Waals surface area contributed by atoms with Crippen LogP contribution in [-0.4, -0.2) is 106 Å². The SMILES string of the molecule is CCOP(=O)(C[C@H](NC(=O)c1cc(CCC(C)O)nc(-c2ccccc2)n1)C(=O)N1CCN(C(=O)O)CC1)OCC. The van der Waals surface area contributed by atoms with E-state index < -0.39 is 43.8 Å². The number of hydrogen-bond acceptors (Lipinski definition) is 9. The molecular formula is C27H38N5O8P. The molecule has 0 saturated carbocycles. The average molecular weight is 592 g/mol. The maximum Gasteiger partial charge on any atom is 0.407 e. The van der Waals surface area contributed by atoms with E-state index in [0.29, 0.717) is 29.9 Å². The highest BCUT2D eigenvalue weighted by atomic mass is 31.2. The Balaban J connectivity index is 1.92. The minimum Gasteiger partial charge on any atom is -0.465 e. The number of aryl methyl sites for hydroxylation is 1. The summed E-state index contributed by atoms with van der Waals surface area (Å²) in [7, 11) is -3.77. The van der Waals surface area contributed by atoms with Crippen LogP contribution in [0.3, 0.4) is 0 Å². The number of carbonyl (C=O) groups is 3. The van der Waals surface area contributed by atoms with E-state index in [1.807, 2.05) is 18.2 Å². The van der Waals surface area contributed by atoms with Crippen molar-refractivity contribution in [2.75, 3.05) is 45.6 Å². The fraction of sp³-hybridized carbons (Fsp3) is 0.519. The van der Waals surface area contributed by atoms with E-state index in [2.05, 4.69) is 15.3 Å². The Hall–Kier alpha value is -3.38. The van der Waals surface area contributed by atoms with Gasteiger partial charge in [-0.2, -0.15) is 0 Å². The lowest BCUT2D eigenvalue weighted by Crippen LogP contribution is -2.56. The third-order valence-corrected chi connectivity index (χ3v) is 8.50. The molecule has 1 aromatic heterocycles. The van der Waals surface area contributed by atoms with E-state index in [9.17, 15) is 29.2 Å². The normalized spacial score (nSPS) is 15.3. The van der Waals surface area contributed by atoms with Crippen LogP contribution in [0.2, 0.25) is 0 Å². The second-order valence-corrected chi connectivity index (χ2v) is 11.7. The standard InChI is InChI=1S/C27H38N5O8P/c1-4-39-41(38,40-5-2)18-23(26(35)31-13-15-32(16-14-31)27(36)37)30-25(34)22-17-21(12-11-19(3)33)28-24(29-22)20-9-7-6-8-10-20/h6-10,17,19,23,33H,4-5,11-16,18H2,1-3H3,(H,30,34)(H,36,37)/t19?,23-/m0/s1. The summed E-state index contributed by atoms with van der Waals surface area (Å²) in [4.78, 5) is 50.1. The van der Waals surface area contributed by atoms with Crippen molar-refractivity contribution in [3.8, 4) is 11.4 Å². The molecule has 41 heavy (non-hydrogen) atoms. The van der Waals surface area contributed by atoms with Gasteiger partial charge in [-0.25, -0.2) is 14.8 Å². The second kappa shape index (κ2) is 15.0. The second-order valence-electron chi connectivity index (χ2n) is 9.57. The van der Waals surface area contributed by atoms with Crippen molar-refractivity contribution in [2.24, 2.45) is 0 Å². The molecule has 3 amide bonds. The molecule has 0 bridgehead atoms. The molecule has 0 aliphatic carbocycles. The Morgan fingerprint density at radius 1 is 1.02 bits per heavy atom. The summed E-state index contributed by atoms with van der Waals surface area (Å²) >= 11 is 0. The van der Waals surface area contributed by atoms with Gasteiger partial charge in [0.25, 0.3) is 5.91 Å². The van der Waals surface area contributed by atoms with E-state index in [4.69, 9.17) is 9.05 Å². The summed E-state index contributed by atoms with van der Waals surface area (Å²) < 4.78 is 24.2. The molecular weight excluding hydrogens is 553 g/mol. The zero-order chi connectivity index (χ0) is 30.0. The van der Waals surface area contributed by atoms with Gasteiger partial charge < -0.3 is 34.4 Å². The van der Waals surface area contributed by atoms with E-state index >= 15 is 0 Å². The third-order valence-electron chi connectivity index (χ3n) is 6.39. The highest BCUT2D eigenvalue weighted by molar-refractivity contribution is 7.54. The smallest absolute Gasteiger partial charge is 0.407 e. The fourth-order valence-corrected chi connectivity index (χ4v) is 6.10. The Morgan fingerprint density at radius 3 is 2.20 bits per heavy atom. The summed E-state index contributed by atoms with van der Waals surface area (Å²) in [6.45, 7) is 5.53. The van der Waals surface area contributed by atoms with Crippen LogP contribution >= 0.6 is 7.60 Å². The van der Waals surface area contributed by atoms with E-state index in [1.54, 1.807) is 32.9 Å². The van der Waals surface area contributed by atoms with Gasteiger partial charge in [0.05, 0.1) is 25.5 Å². The first kappa shape index (κ1) is 32.1. The van der Waals surface area contributed by atoms with Crippen molar-refractivity contribution < 1.29 is 38.2 Å². The highest BCUT2D eigenvalue weighted by Gasteiger charge is 2.37. The number of piperazine rings is 1. The lowest BCUT2D eigenvalue weighted by atomic mass is 10.1. The van der Waals surface area contributed by atoms with Crippen molar-refractivity contribution in [3.63, 3.8) is 0 Å². The highest BCUT2D eigenvalue weighted by Crippen LogP contribution is 2.48. The fourth-order valence-electron chi connectivity index (χ4n) is 4.33. The maximum absolute atomic E-state index is 13.6. The van der Waals surface area contributed by atoms with Gasteiger partial charge in [0.1, 0.15) is 11.7 Å². The number of aliphatic hydroxyl groups is 1. The van der Waals surface area contributed by atoms with Crippen LogP contribution in [0.1, 0.15) is 43.4 Å².